The van der Waals surface area contributed by atoms with E-state index in [9.17, 15) is 0 Å². The van der Waals surface area contributed by atoms with Crippen LogP contribution in [0.3, 0.4) is 0 Å². The highest BCUT2D eigenvalue weighted by Gasteiger charge is 2.26. The van der Waals surface area contributed by atoms with Crippen molar-refractivity contribution < 1.29 is 0 Å². The highest BCUT2D eigenvalue weighted by molar-refractivity contribution is 6.24. The van der Waals surface area contributed by atoms with Crippen molar-refractivity contribution in [1.82, 2.24) is 4.57 Å². The Labute approximate surface area is 299 Å². The second-order valence-electron chi connectivity index (χ2n) is 14.4. The second kappa shape index (κ2) is 11.3. The Bertz CT molecular complexity index is 2850. The van der Waals surface area contributed by atoms with Crippen molar-refractivity contribution in [3.05, 3.63) is 167 Å². The molecule has 51 heavy (non-hydrogen) atoms. The summed E-state index contributed by atoms with van der Waals surface area (Å²) < 4.78 is 2.60. The molecule has 0 N–H and O–H groups in total. The third-order valence-corrected chi connectivity index (χ3v) is 11.9. The van der Waals surface area contributed by atoms with Crippen molar-refractivity contribution >= 4 is 60.2 Å². The van der Waals surface area contributed by atoms with Gasteiger partial charge >= 0.3 is 0 Å². The fourth-order valence-electron chi connectivity index (χ4n) is 9.38. The number of aryl methyl sites for hydroxylation is 1. The van der Waals surface area contributed by atoms with Gasteiger partial charge in [0.25, 0.3) is 0 Å². The van der Waals surface area contributed by atoms with Crippen molar-refractivity contribution in [3.63, 3.8) is 0 Å². The van der Waals surface area contributed by atoms with E-state index in [0.717, 1.165) is 12.8 Å². The Morgan fingerprint density at radius 1 is 0.451 bits per heavy atom. The number of nitrogens with zero attached hydrogens (tertiary/aromatic N) is 1. The third-order valence-electron chi connectivity index (χ3n) is 11.9. The summed E-state index contributed by atoms with van der Waals surface area (Å²) in [4.78, 5) is 0. The van der Waals surface area contributed by atoms with Crippen LogP contribution in [0.2, 0.25) is 0 Å². The van der Waals surface area contributed by atoms with Gasteiger partial charge in [0.2, 0.25) is 0 Å². The van der Waals surface area contributed by atoms with Crippen LogP contribution in [0.25, 0.3) is 88.1 Å². The van der Waals surface area contributed by atoms with E-state index < -0.39 is 0 Å². The van der Waals surface area contributed by atoms with E-state index in [1.165, 1.54) is 115 Å². The minimum Gasteiger partial charge on any atom is -0.309 e. The van der Waals surface area contributed by atoms with Crippen LogP contribution in [-0.2, 0) is 6.42 Å². The lowest BCUT2D eigenvalue weighted by atomic mass is 9.81. The van der Waals surface area contributed by atoms with Gasteiger partial charge in [-0.25, -0.2) is 0 Å². The van der Waals surface area contributed by atoms with Crippen LogP contribution in [0.15, 0.2) is 133 Å². The van der Waals surface area contributed by atoms with E-state index in [0.29, 0.717) is 0 Å². The van der Waals surface area contributed by atoms with E-state index in [2.05, 4.69) is 172 Å². The van der Waals surface area contributed by atoms with Gasteiger partial charge in [-0.15, -0.1) is 0 Å². The Balaban J connectivity index is 1.32. The predicted octanol–water partition coefficient (Wildman–Crippen LogP) is 13.8. The van der Waals surface area contributed by atoms with E-state index >= 15 is 0 Å². The summed E-state index contributed by atoms with van der Waals surface area (Å²) in [5, 5.41) is 10.6. The molecule has 0 spiro atoms. The van der Waals surface area contributed by atoms with Crippen LogP contribution < -0.4 is 0 Å². The predicted molar refractivity (Wildman–Crippen MR) is 220 cm³/mol. The van der Waals surface area contributed by atoms with Crippen molar-refractivity contribution in [2.75, 3.05) is 0 Å². The summed E-state index contributed by atoms with van der Waals surface area (Å²) in [6, 6.07) is 47.3. The van der Waals surface area contributed by atoms with Crippen LogP contribution in [0, 0.1) is 27.7 Å². The van der Waals surface area contributed by atoms with Gasteiger partial charge in [0.05, 0.1) is 16.7 Å². The Kier molecular flexibility index (Phi) is 6.64. The van der Waals surface area contributed by atoms with Gasteiger partial charge in [0, 0.05) is 10.8 Å². The average Bonchev–Trinajstić information content (AvgIpc) is 3.52. The number of hydrogen-bond donors (Lipinski definition) is 0. The smallest absolute Gasteiger partial charge is 0.0547 e. The SMILES string of the molecule is Cc1c(C)c(-n2c3ccc4c(c3c3c5ccccc5ccc32)CCC=C4)c(C)c(C)c1-c1c2ccccc2c(-c2ccccc2)c2ccccc12. The van der Waals surface area contributed by atoms with E-state index in [-0.39, 0.29) is 0 Å². The lowest BCUT2D eigenvalue weighted by Crippen LogP contribution is -2.07. The second-order valence-corrected chi connectivity index (χ2v) is 14.4. The number of aromatic nitrogens is 1. The van der Waals surface area contributed by atoms with Crippen LogP contribution in [0.1, 0.15) is 39.8 Å². The minimum absolute atomic E-state index is 1.07. The van der Waals surface area contributed by atoms with Gasteiger partial charge < -0.3 is 4.57 Å². The van der Waals surface area contributed by atoms with E-state index in [1.54, 1.807) is 0 Å². The molecular weight excluding hydrogens is 615 g/mol. The van der Waals surface area contributed by atoms with Gasteiger partial charge in [0.15, 0.2) is 0 Å². The molecule has 0 saturated heterocycles. The molecule has 0 amide bonds. The maximum absolute atomic E-state index is 2.60. The van der Waals surface area contributed by atoms with Crippen LogP contribution in [0.5, 0.6) is 0 Å². The summed E-state index contributed by atoms with van der Waals surface area (Å²) in [5.74, 6) is 0. The normalized spacial score (nSPS) is 12.9. The molecule has 0 atom stereocenters. The molecule has 10 rings (SSSR count). The first kappa shape index (κ1) is 29.9. The maximum atomic E-state index is 2.60. The first-order valence-electron chi connectivity index (χ1n) is 18.3. The van der Waals surface area contributed by atoms with E-state index in [1.807, 2.05) is 0 Å². The molecule has 1 heteroatoms. The highest BCUT2D eigenvalue weighted by Crippen LogP contribution is 2.48. The van der Waals surface area contributed by atoms with Crippen LogP contribution >= 0.6 is 0 Å². The number of hydrogen-bond acceptors (Lipinski definition) is 0. The van der Waals surface area contributed by atoms with Gasteiger partial charge in [-0.1, -0.05) is 127 Å². The molecule has 1 aliphatic rings. The molecule has 0 bridgehead atoms. The summed E-state index contributed by atoms with van der Waals surface area (Å²) in [5.41, 5.74) is 17.3. The van der Waals surface area contributed by atoms with Crippen LogP contribution in [-0.4, -0.2) is 4.57 Å². The number of allylic oxidation sites excluding steroid dienone is 1. The Morgan fingerprint density at radius 3 is 1.67 bits per heavy atom. The quantitative estimate of drug-likeness (QED) is 0.167. The zero-order chi connectivity index (χ0) is 34.4. The lowest BCUT2D eigenvalue weighted by Gasteiger charge is -2.25. The topological polar surface area (TPSA) is 4.93 Å². The molecule has 8 aromatic carbocycles. The molecular formula is C50H39N. The maximum Gasteiger partial charge on any atom is 0.0547 e. The Hall–Kier alpha value is -5.92. The standard InChI is InChI=1S/C50H39N/c1-30-32(3)50(51-43-28-26-34-16-8-10-20-37(34)48(43)49-38-21-11-9-17-35(38)27-29-44(49)51)33(4)31(2)45(30)47-41-24-14-12-22-39(41)46(36-18-6-5-7-19-36)40-23-13-15-25-42(40)47/h5-10,12-20,22-29H,11,21H2,1-4H3. The average molecular weight is 654 g/mol. The van der Waals surface area contributed by atoms with Gasteiger partial charge in [-0.3, -0.25) is 0 Å². The van der Waals surface area contributed by atoms with Gasteiger partial charge in [-0.2, -0.15) is 0 Å². The van der Waals surface area contributed by atoms with Crippen molar-refractivity contribution in [1.29, 1.82) is 0 Å². The number of rotatable bonds is 3. The molecule has 1 heterocycles. The molecule has 1 aromatic heterocycles. The van der Waals surface area contributed by atoms with Crippen molar-refractivity contribution in [2.24, 2.45) is 0 Å². The molecule has 0 fully saturated rings. The fraction of sp³-hybridized carbons (Fsp3) is 0.120. The van der Waals surface area contributed by atoms with Gasteiger partial charge in [-0.05, 0) is 141 Å². The zero-order valence-corrected chi connectivity index (χ0v) is 29.6. The van der Waals surface area contributed by atoms with Gasteiger partial charge in [0.1, 0.15) is 0 Å². The Morgan fingerprint density at radius 2 is 1.00 bits per heavy atom. The minimum atomic E-state index is 1.07. The van der Waals surface area contributed by atoms with Crippen molar-refractivity contribution in [3.8, 4) is 27.9 Å². The molecule has 0 unspecified atom stereocenters. The van der Waals surface area contributed by atoms with Crippen molar-refractivity contribution in [2.45, 2.75) is 40.5 Å². The molecule has 0 aliphatic heterocycles. The van der Waals surface area contributed by atoms with E-state index in [4.69, 9.17) is 0 Å². The first-order chi connectivity index (χ1) is 25.0. The molecule has 0 saturated carbocycles. The lowest BCUT2D eigenvalue weighted by molar-refractivity contribution is 0.997. The largest absolute Gasteiger partial charge is 0.309 e. The third kappa shape index (κ3) is 4.22. The molecule has 0 radical (unpaired) electrons. The van der Waals surface area contributed by atoms with Crippen LogP contribution in [0.4, 0.5) is 0 Å². The molecule has 244 valence electrons. The number of fused-ring (bicyclic) bond motifs is 9. The summed E-state index contributed by atoms with van der Waals surface area (Å²) in [7, 11) is 0. The fourth-order valence-corrected chi connectivity index (χ4v) is 9.38. The molecule has 9 aromatic rings. The summed E-state index contributed by atoms with van der Waals surface area (Å²) in [6.45, 7) is 9.41. The molecule has 1 aliphatic carbocycles. The first-order valence-corrected chi connectivity index (χ1v) is 18.3. The highest BCUT2D eigenvalue weighted by atomic mass is 15.0. The summed E-state index contributed by atoms with van der Waals surface area (Å²) in [6.07, 6.45) is 6.80. The number of benzene rings is 8. The summed E-state index contributed by atoms with van der Waals surface area (Å²) >= 11 is 0. The monoisotopic (exact) mass is 653 g/mol. The zero-order valence-electron chi connectivity index (χ0n) is 29.6. The molecule has 1 nitrogen and oxygen atoms in total.